The van der Waals surface area contributed by atoms with Crippen molar-refractivity contribution in [2.45, 2.75) is 26.7 Å². The topological polar surface area (TPSA) is 24.9 Å². The van der Waals surface area contributed by atoms with Gasteiger partial charge in [-0.2, -0.15) is 0 Å². The number of benzene rings is 2. The largest absolute Gasteiger partial charge is 0.331 e. The summed E-state index contributed by atoms with van der Waals surface area (Å²) in [5, 5.41) is 4.44. The molecular formula is C19H20N2S. The zero-order chi connectivity index (χ0) is 15.4. The van der Waals surface area contributed by atoms with Crippen molar-refractivity contribution >= 4 is 22.2 Å². The molecule has 3 heteroatoms. The second kappa shape index (κ2) is 6.75. The second-order valence-electron chi connectivity index (χ2n) is 5.35. The van der Waals surface area contributed by atoms with Gasteiger partial charge in [-0.15, -0.1) is 11.3 Å². The van der Waals surface area contributed by atoms with E-state index in [1.165, 1.54) is 16.0 Å². The lowest BCUT2D eigenvalue weighted by Gasteiger charge is -2.05. The summed E-state index contributed by atoms with van der Waals surface area (Å²) in [6.07, 6.45) is 2.20. The summed E-state index contributed by atoms with van der Waals surface area (Å²) in [5.74, 6) is 0. The molecule has 0 saturated carbocycles. The number of anilines is 2. The average Bonchev–Trinajstić information content (AvgIpc) is 2.94. The van der Waals surface area contributed by atoms with Crippen molar-refractivity contribution in [3.05, 3.63) is 65.0 Å². The van der Waals surface area contributed by atoms with Gasteiger partial charge < -0.3 is 5.32 Å². The Bertz CT molecular complexity index is 747. The molecule has 0 atom stereocenters. The molecule has 1 N–H and O–H groups in total. The first kappa shape index (κ1) is 14.8. The first-order valence-electron chi connectivity index (χ1n) is 7.65. The van der Waals surface area contributed by atoms with Gasteiger partial charge in [0.1, 0.15) is 0 Å². The van der Waals surface area contributed by atoms with Crippen LogP contribution in [-0.4, -0.2) is 4.98 Å². The maximum absolute atomic E-state index is 4.84. The van der Waals surface area contributed by atoms with E-state index in [0.29, 0.717) is 0 Å². The van der Waals surface area contributed by atoms with Crippen LogP contribution in [0.4, 0.5) is 10.8 Å². The summed E-state index contributed by atoms with van der Waals surface area (Å²) in [7, 11) is 0. The zero-order valence-corrected chi connectivity index (χ0v) is 13.8. The third-order valence-corrected chi connectivity index (χ3v) is 4.64. The Labute approximate surface area is 135 Å². The van der Waals surface area contributed by atoms with Crippen LogP contribution in [0.15, 0.2) is 54.6 Å². The standard InChI is InChI=1S/C19H20N2S/c1-3-9-17-18(15-11-5-4-6-12-15)21-19(22-17)20-16-13-8-7-10-14(16)2/h4-8,10-13H,3,9H2,1-2H3,(H,20,21). The van der Waals surface area contributed by atoms with Gasteiger partial charge in [-0.25, -0.2) is 4.98 Å². The van der Waals surface area contributed by atoms with Crippen molar-refractivity contribution in [3.8, 4) is 11.3 Å². The predicted octanol–water partition coefficient (Wildman–Crippen LogP) is 5.81. The number of hydrogen-bond acceptors (Lipinski definition) is 3. The highest BCUT2D eigenvalue weighted by Crippen LogP contribution is 2.34. The highest BCUT2D eigenvalue weighted by Gasteiger charge is 2.12. The smallest absolute Gasteiger partial charge is 0.187 e. The fourth-order valence-corrected chi connectivity index (χ4v) is 3.55. The zero-order valence-electron chi connectivity index (χ0n) is 13.0. The molecule has 1 aromatic heterocycles. The molecule has 0 aliphatic carbocycles. The van der Waals surface area contributed by atoms with E-state index in [2.05, 4.69) is 61.6 Å². The fraction of sp³-hybridized carbons (Fsp3) is 0.211. The van der Waals surface area contributed by atoms with E-state index in [0.717, 1.165) is 29.4 Å². The number of nitrogens with zero attached hydrogens (tertiary/aromatic N) is 1. The van der Waals surface area contributed by atoms with E-state index in [4.69, 9.17) is 4.98 Å². The minimum absolute atomic E-state index is 0.969. The van der Waals surface area contributed by atoms with Crippen LogP contribution in [0.1, 0.15) is 23.8 Å². The third-order valence-electron chi connectivity index (χ3n) is 3.61. The van der Waals surface area contributed by atoms with Gasteiger partial charge in [0.25, 0.3) is 0 Å². The molecule has 0 bridgehead atoms. The van der Waals surface area contributed by atoms with Crippen molar-refractivity contribution in [1.82, 2.24) is 4.98 Å². The van der Waals surface area contributed by atoms with Crippen molar-refractivity contribution in [2.24, 2.45) is 0 Å². The monoisotopic (exact) mass is 308 g/mol. The lowest BCUT2D eigenvalue weighted by molar-refractivity contribution is 0.938. The molecule has 1 heterocycles. The number of aryl methyl sites for hydroxylation is 2. The van der Waals surface area contributed by atoms with Gasteiger partial charge in [-0.05, 0) is 25.0 Å². The van der Waals surface area contributed by atoms with Crippen LogP contribution < -0.4 is 5.32 Å². The number of rotatable bonds is 5. The van der Waals surface area contributed by atoms with E-state index in [1.54, 1.807) is 11.3 Å². The quantitative estimate of drug-likeness (QED) is 0.643. The maximum Gasteiger partial charge on any atom is 0.187 e. The molecule has 0 saturated heterocycles. The molecule has 22 heavy (non-hydrogen) atoms. The number of para-hydroxylation sites is 1. The normalized spacial score (nSPS) is 10.6. The van der Waals surface area contributed by atoms with Gasteiger partial charge in [0.05, 0.1) is 5.69 Å². The minimum Gasteiger partial charge on any atom is -0.331 e. The van der Waals surface area contributed by atoms with Gasteiger partial charge in [-0.3, -0.25) is 0 Å². The minimum atomic E-state index is 0.969. The highest BCUT2D eigenvalue weighted by molar-refractivity contribution is 7.16. The summed E-state index contributed by atoms with van der Waals surface area (Å²) >= 11 is 1.76. The Morgan fingerprint density at radius 3 is 2.45 bits per heavy atom. The van der Waals surface area contributed by atoms with E-state index >= 15 is 0 Å². The van der Waals surface area contributed by atoms with Gasteiger partial charge >= 0.3 is 0 Å². The molecule has 0 aliphatic heterocycles. The van der Waals surface area contributed by atoms with Crippen molar-refractivity contribution in [1.29, 1.82) is 0 Å². The SMILES string of the molecule is CCCc1sc(Nc2ccccc2C)nc1-c1ccccc1. The van der Waals surface area contributed by atoms with Gasteiger partial charge in [0.2, 0.25) is 0 Å². The van der Waals surface area contributed by atoms with Gasteiger partial charge in [0.15, 0.2) is 5.13 Å². The Kier molecular flexibility index (Phi) is 4.54. The van der Waals surface area contributed by atoms with Crippen molar-refractivity contribution < 1.29 is 0 Å². The van der Waals surface area contributed by atoms with Crippen LogP contribution in [0, 0.1) is 6.92 Å². The Morgan fingerprint density at radius 1 is 1.00 bits per heavy atom. The summed E-state index contributed by atoms with van der Waals surface area (Å²) in [4.78, 5) is 6.19. The number of aromatic nitrogens is 1. The van der Waals surface area contributed by atoms with Crippen molar-refractivity contribution in [2.75, 3.05) is 5.32 Å². The van der Waals surface area contributed by atoms with Gasteiger partial charge in [0, 0.05) is 16.1 Å². The van der Waals surface area contributed by atoms with Crippen LogP contribution in [0.25, 0.3) is 11.3 Å². The Balaban J connectivity index is 1.95. The Morgan fingerprint density at radius 2 is 1.73 bits per heavy atom. The van der Waals surface area contributed by atoms with Crippen LogP contribution in [0.2, 0.25) is 0 Å². The van der Waals surface area contributed by atoms with E-state index in [9.17, 15) is 0 Å². The highest BCUT2D eigenvalue weighted by atomic mass is 32.1. The molecule has 3 aromatic rings. The maximum atomic E-state index is 4.84. The lowest BCUT2D eigenvalue weighted by Crippen LogP contribution is -1.92. The van der Waals surface area contributed by atoms with Gasteiger partial charge in [-0.1, -0.05) is 61.9 Å². The molecule has 112 valence electrons. The summed E-state index contributed by atoms with van der Waals surface area (Å²) in [6, 6.07) is 18.8. The Hall–Kier alpha value is -2.13. The molecule has 0 amide bonds. The number of thiazole rings is 1. The van der Waals surface area contributed by atoms with E-state index in [1.807, 2.05) is 12.1 Å². The van der Waals surface area contributed by atoms with Crippen LogP contribution in [0.3, 0.4) is 0 Å². The number of nitrogens with one attached hydrogen (secondary N) is 1. The molecule has 0 radical (unpaired) electrons. The third kappa shape index (κ3) is 3.20. The van der Waals surface area contributed by atoms with E-state index in [-0.39, 0.29) is 0 Å². The molecule has 0 aliphatic rings. The molecule has 0 unspecified atom stereocenters. The second-order valence-corrected chi connectivity index (χ2v) is 6.43. The first-order valence-corrected chi connectivity index (χ1v) is 8.47. The van der Waals surface area contributed by atoms with Crippen LogP contribution >= 0.6 is 11.3 Å². The van der Waals surface area contributed by atoms with Crippen LogP contribution in [-0.2, 0) is 6.42 Å². The summed E-state index contributed by atoms with van der Waals surface area (Å²) < 4.78 is 0. The summed E-state index contributed by atoms with van der Waals surface area (Å²) in [6.45, 7) is 4.32. The molecular weight excluding hydrogens is 288 g/mol. The van der Waals surface area contributed by atoms with Crippen molar-refractivity contribution in [3.63, 3.8) is 0 Å². The molecule has 2 nitrogen and oxygen atoms in total. The van der Waals surface area contributed by atoms with Crippen LogP contribution in [0.5, 0.6) is 0 Å². The molecule has 0 spiro atoms. The lowest BCUT2D eigenvalue weighted by atomic mass is 10.1. The summed E-state index contributed by atoms with van der Waals surface area (Å²) in [5.41, 5.74) is 4.67. The average molecular weight is 308 g/mol. The predicted molar refractivity (Wildman–Crippen MR) is 96.0 cm³/mol. The molecule has 2 aromatic carbocycles. The van der Waals surface area contributed by atoms with E-state index < -0.39 is 0 Å². The fourth-order valence-electron chi connectivity index (χ4n) is 2.45. The molecule has 3 rings (SSSR count). The first-order chi connectivity index (χ1) is 10.8. The molecule has 0 fully saturated rings. The number of hydrogen-bond donors (Lipinski definition) is 1.